The lowest BCUT2D eigenvalue weighted by molar-refractivity contribution is 0.0731. The Morgan fingerprint density at radius 3 is 3.00 bits per heavy atom. The van der Waals surface area contributed by atoms with Crippen LogP contribution in [0.5, 0.6) is 0 Å². The Hall–Kier alpha value is -0.940. The highest BCUT2D eigenvalue weighted by molar-refractivity contribution is 7.13. The molecule has 3 rings (SSSR count). The molecule has 0 radical (unpaired) electrons. The van der Waals surface area contributed by atoms with Crippen LogP contribution in [0.25, 0.3) is 0 Å². The molecule has 80 valence electrons. The molecule has 1 fully saturated rings. The SMILES string of the molecule is NCc1nc2c(s1)C(=O)N(C1CC1)CC2. The van der Waals surface area contributed by atoms with Crippen LogP contribution in [-0.4, -0.2) is 28.4 Å². The van der Waals surface area contributed by atoms with Crippen LogP contribution in [0.2, 0.25) is 0 Å². The molecule has 0 aromatic carbocycles. The van der Waals surface area contributed by atoms with Crippen LogP contribution in [0.4, 0.5) is 0 Å². The molecular formula is C10H13N3OS. The van der Waals surface area contributed by atoms with Gasteiger partial charge >= 0.3 is 0 Å². The predicted molar refractivity (Wildman–Crippen MR) is 57.8 cm³/mol. The Morgan fingerprint density at radius 1 is 1.53 bits per heavy atom. The van der Waals surface area contributed by atoms with Gasteiger partial charge in [-0.3, -0.25) is 4.79 Å². The van der Waals surface area contributed by atoms with Gasteiger partial charge in [-0.2, -0.15) is 0 Å². The largest absolute Gasteiger partial charge is 0.335 e. The van der Waals surface area contributed by atoms with Gasteiger partial charge in [-0.05, 0) is 12.8 Å². The molecule has 15 heavy (non-hydrogen) atoms. The minimum Gasteiger partial charge on any atom is -0.335 e. The lowest BCUT2D eigenvalue weighted by Crippen LogP contribution is -2.38. The molecule has 1 amide bonds. The monoisotopic (exact) mass is 223 g/mol. The number of nitrogens with zero attached hydrogens (tertiary/aromatic N) is 2. The molecule has 2 heterocycles. The second-order valence-corrected chi connectivity index (χ2v) is 5.15. The predicted octanol–water partition coefficient (Wildman–Crippen LogP) is 0.762. The average Bonchev–Trinajstić information content (AvgIpc) is 2.97. The molecule has 1 aromatic rings. The van der Waals surface area contributed by atoms with Crippen molar-refractivity contribution in [1.82, 2.24) is 9.88 Å². The summed E-state index contributed by atoms with van der Waals surface area (Å²) in [5, 5.41) is 0.881. The van der Waals surface area contributed by atoms with Gasteiger partial charge in [0.25, 0.3) is 5.91 Å². The summed E-state index contributed by atoms with van der Waals surface area (Å²) in [5.74, 6) is 0.177. The molecule has 0 unspecified atom stereocenters. The van der Waals surface area contributed by atoms with E-state index in [1.54, 1.807) is 0 Å². The van der Waals surface area contributed by atoms with Crippen molar-refractivity contribution in [3.8, 4) is 0 Å². The standard InChI is InChI=1S/C10H13N3OS/c11-5-8-12-7-3-4-13(6-1-2-6)10(14)9(7)15-8/h6H,1-5,11H2. The number of rotatable bonds is 2. The highest BCUT2D eigenvalue weighted by Crippen LogP contribution is 2.33. The lowest BCUT2D eigenvalue weighted by atomic mass is 10.1. The van der Waals surface area contributed by atoms with E-state index in [1.807, 2.05) is 4.90 Å². The van der Waals surface area contributed by atoms with Crippen molar-refractivity contribution < 1.29 is 4.79 Å². The van der Waals surface area contributed by atoms with E-state index in [2.05, 4.69) is 4.98 Å². The molecule has 0 spiro atoms. The van der Waals surface area contributed by atoms with Gasteiger partial charge in [-0.15, -0.1) is 11.3 Å². The van der Waals surface area contributed by atoms with Crippen LogP contribution in [0.3, 0.4) is 0 Å². The maximum atomic E-state index is 12.1. The Labute approximate surface area is 92.1 Å². The van der Waals surface area contributed by atoms with Crippen LogP contribution >= 0.6 is 11.3 Å². The number of carbonyl (C=O) groups is 1. The van der Waals surface area contributed by atoms with E-state index in [4.69, 9.17) is 5.73 Å². The first-order valence-electron chi connectivity index (χ1n) is 5.29. The van der Waals surface area contributed by atoms with Gasteiger partial charge in [0, 0.05) is 25.6 Å². The number of fused-ring (bicyclic) bond motifs is 1. The van der Waals surface area contributed by atoms with Crippen molar-refractivity contribution in [2.45, 2.75) is 31.8 Å². The summed E-state index contributed by atoms with van der Waals surface area (Å²) in [6.07, 6.45) is 3.24. The van der Waals surface area contributed by atoms with Crippen molar-refractivity contribution in [3.63, 3.8) is 0 Å². The number of thiazole rings is 1. The Morgan fingerprint density at radius 2 is 2.33 bits per heavy atom. The Balaban J connectivity index is 1.93. The number of hydrogen-bond acceptors (Lipinski definition) is 4. The summed E-state index contributed by atoms with van der Waals surface area (Å²) < 4.78 is 0. The van der Waals surface area contributed by atoms with Crippen LogP contribution < -0.4 is 5.73 Å². The summed E-state index contributed by atoms with van der Waals surface area (Å²) in [7, 11) is 0. The zero-order valence-corrected chi connectivity index (χ0v) is 9.22. The van der Waals surface area contributed by atoms with Gasteiger partial charge in [-0.25, -0.2) is 4.98 Å². The van der Waals surface area contributed by atoms with Crippen molar-refractivity contribution in [3.05, 3.63) is 15.6 Å². The van der Waals surface area contributed by atoms with Crippen LogP contribution in [0.1, 0.15) is 33.2 Å². The summed E-state index contributed by atoms with van der Waals surface area (Å²) >= 11 is 1.47. The molecular weight excluding hydrogens is 210 g/mol. The van der Waals surface area contributed by atoms with E-state index in [9.17, 15) is 4.79 Å². The normalized spacial score (nSPS) is 20.6. The van der Waals surface area contributed by atoms with Gasteiger partial charge < -0.3 is 10.6 Å². The molecule has 4 nitrogen and oxygen atoms in total. The molecule has 2 N–H and O–H groups in total. The minimum absolute atomic E-state index is 0.177. The van der Waals surface area contributed by atoms with Crippen LogP contribution in [0, 0.1) is 0 Å². The van der Waals surface area contributed by atoms with Gasteiger partial charge in [0.15, 0.2) is 0 Å². The number of nitrogens with two attached hydrogens (primary N) is 1. The van der Waals surface area contributed by atoms with Crippen molar-refractivity contribution in [2.75, 3.05) is 6.54 Å². The van der Waals surface area contributed by atoms with Crippen LogP contribution in [-0.2, 0) is 13.0 Å². The number of aromatic nitrogens is 1. The third-order valence-corrected chi connectivity index (χ3v) is 4.06. The first-order chi connectivity index (χ1) is 7.29. The van der Waals surface area contributed by atoms with Gasteiger partial charge in [0.2, 0.25) is 0 Å². The molecule has 1 saturated carbocycles. The number of hydrogen-bond donors (Lipinski definition) is 1. The van der Waals surface area contributed by atoms with Crippen LogP contribution in [0.15, 0.2) is 0 Å². The van der Waals surface area contributed by atoms with Crippen molar-refractivity contribution >= 4 is 17.2 Å². The van der Waals surface area contributed by atoms with E-state index in [0.717, 1.165) is 28.5 Å². The summed E-state index contributed by atoms with van der Waals surface area (Å²) in [6.45, 7) is 1.28. The van der Waals surface area contributed by atoms with E-state index >= 15 is 0 Å². The first kappa shape index (κ1) is 9.30. The van der Waals surface area contributed by atoms with E-state index in [1.165, 1.54) is 24.2 Å². The van der Waals surface area contributed by atoms with E-state index in [0.29, 0.717) is 12.6 Å². The molecule has 1 aliphatic carbocycles. The second kappa shape index (κ2) is 3.28. The molecule has 1 aromatic heterocycles. The molecule has 0 bridgehead atoms. The maximum absolute atomic E-state index is 12.1. The number of amides is 1. The zero-order valence-electron chi connectivity index (χ0n) is 8.40. The molecule has 5 heteroatoms. The fraction of sp³-hybridized carbons (Fsp3) is 0.600. The fourth-order valence-corrected chi connectivity index (χ4v) is 2.96. The molecule has 0 atom stereocenters. The van der Waals surface area contributed by atoms with Gasteiger partial charge in [0.05, 0.1) is 5.69 Å². The average molecular weight is 223 g/mol. The third kappa shape index (κ3) is 1.46. The number of carbonyl (C=O) groups excluding carboxylic acids is 1. The van der Waals surface area contributed by atoms with E-state index < -0.39 is 0 Å². The Bertz CT molecular complexity index is 411. The lowest BCUT2D eigenvalue weighted by Gasteiger charge is -2.25. The van der Waals surface area contributed by atoms with Gasteiger partial charge in [0.1, 0.15) is 9.88 Å². The quantitative estimate of drug-likeness (QED) is 0.805. The van der Waals surface area contributed by atoms with Crippen molar-refractivity contribution in [1.29, 1.82) is 0 Å². The topological polar surface area (TPSA) is 59.2 Å². The highest BCUT2D eigenvalue weighted by atomic mass is 32.1. The minimum atomic E-state index is 0.177. The zero-order chi connectivity index (χ0) is 10.4. The molecule has 0 saturated heterocycles. The maximum Gasteiger partial charge on any atom is 0.266 e. The highest BCUT2D eigenvalue weighted by Gasteiger charge is 2.37. The summed E-state index contributed by atoms with van der Waals surface area (Å²) in [6, 6.07) is 0.508. The van der Waals surface area contributed by atoms with Gasteiger partial charge in [-0.1, -0.05) is 0 Å². The smallest absolute Gasteiger partial charge is 0.266 e. The summed E-state index contributed by atoms with van der Waals surface area (Å²) in [5.41, 5.74) is 6.50. The third-order valence-electron chi connectivity index (χ3n) is 2.95. The fourth-order valence-electron chi connectivity index (χ4n) is 2.02. The Kier molecular flexibility index (Phi) is 2.03. The summed E-state index contributed by atoms with van der Waals surface area (Å²) in [4.78, 5) is 19.3. The molecule has 1 aliphatic heterocycles. The van der Waals surface area contributed by atoms with E-state index in [-0.39, 0.29) is 5.91 Å². The second-order valence-electron chi connectivity index (χ2n) is 4.07. The first-order valence-corrected chi connectivity index (χ1v) is 6.11. The van der Waals surface area contributed by atoms with Crippen molar-refractivity contribution in [2.24, 2.45) is 5.73 Å². The molecule has 2 aliphatic rings.